The first-order valence-electron chi connectivity index (χ1n) is 7.77. The Bertz CT molecular complexity index is 950. The zero-order valence-corrected chi connectivity index (χ0v) is 15.4. The number of hydrogen-bond donors (Lipinski definition) is 0. The second-order valence-electron chi connectivity index (χ2n) is 5.48. The van der Waals surface area contributed by atoms with Crippen LogP contribution in [0.25, 0.3) is 6.08 Å². The fourth-order valence-electron chi connectivity index (χ4n) is 2.41. The number of nitrogens with zero attached hydrogens (tertiary/aromatic N) is 2. The average Bonchev–Trinajstić information content (AvgIpc) is 2.91. The maximum atomic E-state index is 13.9. The van der Waals surface area contributed by atoms with Crippen molar-refractivity contribution in [3.05, 3.63) is 69.3 Å². The molecular weight excluding hydrogens is 391 g/mol. The van der Waals surface area contributed by atoms with Gasteiger partial charge in [0.05, 0.1) is 11.4 Å². The Morgan fingerprint density at radius 1 is 1.22 bits per heavy atom. The minimum Gasteiger partial charge on any atom is -0.479 e. The van der Waals surface area contributed by atoms with E-state index in [1.807, 2.05) is 6.07 Å². The first-order valence-corrected chi connectivity index (χ1v) is 8.97. The van der Waals surface area contributed by atoms with E-state index >= 15 is 0 Å². The molecule has 0 aliphatic carbocycles. The zero-order chi connectivity index (χ0) is 19.4. The lowest BCUT2D eigenvalue weighted by Crippen LogP contribution is -2.28. The van der Waals surface area contributed by atoms with Gasteiger partial charge in [-0.25, -0.2) is 4.39 Å². The summed E-state index contributed by atoms with van der Waals surface area (Å²) < 4.78 is 19.1. The van der Waals surface area contributed by atoms with Crippen molar-refractivity contribution >= 4 is 40.6 Å². The van der Waals surface area contributed by atoms with Gasteiger partial charge in [0.1, 0.15) is 17.6 Å². The van der Waals surface area contributed by atoms with Gasteiger partial charge >= 0.3 is 0 Å². The summed E-state index contributed by atoms with van der Waals surface area (Å²) in [5, 5.41) is 8.17. The number of carbonyl (C=O) groups is 2. The number of benzene rings is 2. The van der Waals surface area contributed by atoms with Gasteiger partial charge in [-0.1, -0.05) is 29.8 Å². The molecular formula is C19H12ClFN2O3S. The lowest BCUT2D eigenvalue weighted by atomic mass is 10.2. The number of hydrogen-bond acceptors (Lipinski definition) is 5. The molecule has 0 unspecified atom stereocenters. The van der Waals surface area contributed by atoms with Crippen molar-refractivity contribution in [3.63, 3.8) is 0 Å². The molecule has 0 bridgehead atoms. The van der Waals surface area contributed by atoms with Gasteiger partial charge in [-0.05, 0) is 47.7 Å². The second kappa shape index (κ2) is 8.25. The van der Waals surface area contributed by atoms with Gasteiger partial charge in [0.15, 0.2) is 6.61 Å². The summed E-state index contributed by atoms with van der Waals surface area (Å²) in [5.74, 6) is -0.552. The van der Waals surface area contributed by atoms with E-state index in [-0.39, 0.29) is 28.6 Å². The van der Waals surface area contributed by atoms with Crippen molar-refractivity contribution in [2.45, 2.75) is 6.54 Å². The highest BCUT2D eigenvalue weighted by atomic mass is 35.5. The molecule has 0 radical (unpaired) electrons. The van der Waals surface area contributed by atoms with Crippen LogP contribution < -0.4 is 4.74 Å². The minimum absolute atomic E-state index is 0.0587. The molecule has 1 aliphatic heterocycles. The van der Waals surface area contributed by atoms with Crippen LogP contribution in [0.1, 0.15) is 11.1 Å². The Balaban J connectivity index is 1.77. The summed E-state index contributed by atoms with van der Waals surface area (Å²) in [4.78, 5) is 25.9. The molecule has 0 atom stereocenters. The van der Waals surface area contributed by atoms with E-state index in [1.54, 1.807) is 30.3 Å². The highest BCUT2D eigenvalue weighted by Crippen LogP contribution is 2.34. The number of ether oxygens (including phenoxy) is 1. The van der Waals surface area contributed by atoms with Gasteiger partial charge in [-0.15, -0.1) is 0 Å². The van der Waals surface area contributed by atoms with E-state index in [1.165, 1.54) is 18.2 Å². The third-order valence-electron chi connectivity index (χ3n) is 3.73. The predicted molar refractivity (Wildman–Crippen MR) is 100 cm³/mol. The van der Waals surface area contributed by atoms with Crippen LogP contribution in [0.4, 0.5) is 9.18 Å². The van der Waals surface area contributed by atoms with Crippen LogP contribution in [0, 0.1) is 17.1 Å². The van der Waals surface area contributed by atoms with Crippen molar-refractivity contribution in [1.82, 2.24) is 4.90 Å². The number of rotatable bonds is 5. The fourth-order valence-corrected chi connectivity index (χ4v) is 3.47. The summed E-state index contributed by atoms with van der Waals surface area (Å²) in [6, 6.07) is 12.8. The first-order chi connectivity index (χ1) is 13.0. The third kappa shape index (κ3) is 4.30. The molecule has 1 fully saturated rings. The topological polar surface area (TPSA) is 70.4 Å². The third-order valence-corrected chi connectivity index (χ3v) is 4.99. The van der Waals surface area contributed by atoms with Crippen molar-refractivity contribution in [3.8, 4) is 11.8 Å². The van der Waals surface area contributed by atoms with Crippen LogP contribution in [0.5, 0.6) is 5.75 Å². The Kier molecular flexibility index (Phi) is 5.79. The molecule has 0 N–H and O–H groups in total. The van der Waals surface area contributed by atoms with Gasteiger partial charge in [-0.3, -0.25) is 14.5 Å². The lowest BCUT2D eigenvalue weighted by Gasteiger charge is -2.14. The number of amides is 2. The van der Waals surface area contributed by atoms with Crippen molar-refractivity contribution in [1.29, 1.82) is 5.26 Å². The monoisotopic (exact) mass is 402 g/mol. The van der Waals surface area contributed by atoms with Gasteiger partial charge in [0.2, 0.25) is 0 Å². The summed E-state index contributed by atoms with van der Waals surface area (Å²) in [5.41, 5.74) is 0.787. The van der Waals surface area contributed by atoms with Crippen LogP contribution in [-0.2, 0) is 11.3 Å². The highest BCUT2D eigenvalue weighted by Gasteiger charge is 2.35. The molecule has 3 rings (SSSR count). The molecule has 136 valence electrons. The first kappa shape index (κ1) is 19.0. The summed E-state index contributed by atoms with van der Waals surface area (Å²) in [6.07, 6.45) is 1.57. The molecule has 0 aromatic heterocycles. The molecule has 2 aromatic rings. The van der Waals surface area contributed by atoms with Gasteiger partial charge in [-0.2, -0.15) is 5.26 Å². The van der Waals surface area contributed by atoms with Crippen LogP contribution >= 0.6 is 23.4 Å². The number of imide groups is 1. The second-order valence-corrected chi connectivity index (χ2v) is 6.88. The van der Waals surface area contributed by atoms with Crippen molar-refractivity contribution < 1.29 is 18.7 Å². The van der Waals surface area contributed by atoms with Gasteiger partial charge < -0.3 is 4.74 Å². The van der Waals surface area contributed by atoms with Crippen LogP contribution in [0.3, 0.4) is 0 Å². The number of thioether (sulfide) groups is 1. The zero-order valence-electron chi connectivity index (χ0n) is 13.8. The number of halogens is 2. The molecule has 8 heteroatoms. The van der Waals surface area contributed by atoms with E-state index in [9.17, 15) is 14.0 Å². The van der Waals surface area contributed by atoms with Crippen molar-refractivity contribution in [2.75, 3.05) is 6.61 Å². The van der Waals surface area contributed by atoms with E-state index in [2.05, 4.69) is 0 Å². The fraction of sp³-hybridized carbons (Fsp3) is 0.105. The number of nitriles is 1. The highest BCUT2D eigenvalue weighted by molar-refractivity contribution is 8.18. The lowest BCUT2D eigenvalue weighted by molar-refractivity contribution is -0.123. The van der Waals surface area contributed by atoms with Crippen LogP contribution in [0.2, 0.25) is 5.02 Å². The quantitative estimate of drug-likeness (QED) is 0.682. The molecule has 1 saturated heterocycles. The number of carbonyl (C=O) groups excluding carboxylic acids is 2. The molecule has 1 aliphatic rings. The molecule has 0 saturated carbocycles. The Morgan fingerprint density at radius 3 is 2.63 bits per heavy atom. The molecule has 2 amide bonds. The normalized spacial score (nSPS) is 15.3. The molecule has 0 spiro atoms. The standard InChI is InChI=1S/C19H12ClFN2O3S/c20-15-2-1-3-16(21)14(15)11-23-18(24)17(27-19(23)25)10-12-4-6-13(7-5-12)26-9-8-22/h1-7,10H,9,11H2/b17-10-. The Labute approximate surface area is 164 Å². The molecule has 27 heavy (non-hydrogen) atoms. The van der Waals surface area contributed by atoms with Crippen molar-refractivity contribution in [2.24, 2.45) is 0 Å². The maximum absolute atomic E-state index is 13.9. The van der Waals surface area contributed by atoms with E-state index in [4.69, 9.17) is 21.6 Å². The summed E-state index contributed by atoms with van der Waals surface area (Å²) in [7, 11) is 0. The van der Waals surface area contributed by atoms with Gasteiger partial charge in [0.25, 0.3) is 11.1 Å². The smallest absolute Gasteiger partial charge is 0.293 e. The van der Waals surface area contributed by atoms with E-state index < -0.39 is 17.0 Å². The minimum atomic E-state index is -0.571. The largest absolute Gasteiger partial charge is 0.479 e. The summed E-state index contributed by atoms with van der Waals surface area (Å²) in [6.45, 7) is -0.286. The molecule has 2 aromatic carbocycles. The Hall–Kier alpha value is -2.82. The van der Waals surface area contributed by atoms with E-state index in [0.717, 1.165) is 16.7 Å². The maximum Gasteiger partial charge on any atom is 0.293 e. The SMILES string of the molecule is N#CCOc1ccc(/C=C2\SC(=O)N(Cc3c(F)cccc3Cl)C2=O)cc1. The van der Waals surface area contributed by atoms with E-state index in [0.29, 0.717) is 11.3 Å². The molecule has 5 nitrogen and oxygen atoms in total. The van der Waals surface area contributed by atoms with Crippen LogP contribution in [-0.4, -0.2) is 22.7 Å². The average molecular weight is 403 g/mol. The Morgan fingerprint density at radius 2 is 1.96 bits per heavy atom. The predicted octanol–water partition coefficient (Wildman–Crippen LogP) is 4.62. The van der Waals surface area contributed by atoms with Gasteiger partial charge in [0, 0.05) is 10.6 Å². The molecule has 1 heterocycles. The van der Waals surface area contributed by atoms with Crippen LogP contribution in [0.15, 0.2) is 47.4 Å². The summed E-state index contributed by atoms with van der Waals surface area (Å²) >= 11 is 6.76.